The Kier molecular flexibility index (Phi) is 4.78. The van der Waals surface area contributed by atoms with Gasteiger partial charge in [-0.25, -0.2) is 9.78 Å². The number of aliphatic carboxylic acids is 1. The van der Waals surface area contributed by atoms with E-state index in [0.29, 0.717) is 9.88 Å². The number of esters is 1. The molecule has 1 aromatic heterocycles. The van der Waals surface area contributed by atoms with Gasteiger partial charge in [0.25, 0.3) is 5.91 Å². The van der Waals surface area contributed by atoms with Crippen LogP contribution in [0.2, 0.25) is 0 Å². The Labute approximate surface area is 107 Å². The lowest BCUT2D eigenvalue weighted by molar-refractivity contribution is -0.147. The quantitative estimate of drug-likeness (QED) is 0.742. The van der Waals surface area contributed by atoms with E-state index in [-0.39, 0.29) is 0 Å². The number of aryl methyl sites for hydroxylation is 1. The van der Waals surface area contributed by atoms with Gasteiger partial charge in [0.15, 0.2) is 0 Å². The molecule has 0 aliphatic rings. The van der Waals surface area contributed by atoms with Crippen molar-refractivity contribution < 1.29 is 24.2 Å². The molecule has 1 rings (SSSR count). The van der Waals surface area contributed by atoms with Crippen LogP contribution in [0.5, 0.6) is 0 Å². The normalized spacial score (nSPS) is 11.7. The van der Waals surface area contributed by atoms with Crippen LogP contribution in [0.4, 0.5) is 0 Å². The molecule has 0 aliphatic carbocycles. The fraction of sp³-hybridized carbons (Fsp3) is 0.400. The van der Waals surface area contributed by atoms with Crippen molar-refractivity contribution in [2.75, 3.05) is 7.11 Å². The minimum Gasteiger partial charge on any atom is -0.480 e. The third-order valence-electron chi connectivity index (χ3n) is 2.05. The number of nitrogens with one attached hydrogen (secondary N) is 1. The molecule has 0 unspecified atom stereocenters. The predicted molar refractivity (Wildman–Crippen MR) is 62.4 cm³/mol. The van der Waals surface area contributed by atoms with Gasteiger partial charge >= 0.3 is 11.9 Å². The number of carboxylic acid groups (broad SMARTS) is 1. The van der Waals surface area contributed by atoms with Gasteiger partial charge in [-0.05, 0) is 6.92 Å². The van der Waals surface area contributed by atoms with Gasteiger partial charge < -0.3 is 15.2 Å². The van der Waals surface area contributed by atoms with E-state index >= 15 is 0 Å². The smallest absolute Gasteiger partial charge is 0.326 e. The molecule has 1 atom stereocenters. The van der Waals surface area contributed by atoms with Crippen LogP contribution in [0.3, 0.4) is 0 Å². The lowest BCUT2D eigenvalue weighted by Crippen LogP contribution is -2.42. The molecular weight excluding hydrogens is 260 g/mol. The second-order valence-electron chi connectivity index (χ2n) is 3.39. The molecule has 2 N–H and O–H groups in total. The number of thiazole rings is 1. The molecule has 1 aromatic rings. The van der Waals surface area contributed by atoms with E-state index in [2.05, 4.69) is 15.0 Å². The maximum Gasteiger partial charge on any atom is 0.326 e. The fourth-order valence-corrected chi connectivity index (χ4v) is 1.83. The van der Waals surface area contributed by atoms with Crippen molar-refractivity contribution in [3.63, 3.8) is 0 Å². The summed E-state index contributed by atoms with van der Waals surface area (Å²) in [4.78, 5) is 37.8. The van der Waals surface area contributed by atoms with Crippen molar-refractivity contribution >= 4 is 29.2 Å². The van der Waals surface area contributed by atoms with Crippen molar-refractivity contribution in [3.8, 4) is 0 Å². The first-order chi connectivity index (χ1) is 8.43. The molecule has 7 nitrogen and oxygen atoms in total. The molecule has 0 spiro atoms. The monoisotopic (exact) mass is 272 g/mol. The highest BCUT2D eigenvalue weighted by molar-refractivity contribution is 7.13. The standard InChI is InChI=1S/C10H12N2O5S/c1-5-11-4-7(18-5)9(14)12-6(10(15)16)3-8(13)17-2/h4,6H,3H2,1-2H3,(H,12,14)(H,15,16)/t6-/m0/s1. The summed E-state index contributed by atoms with van der Waals surface area (Å²) in [5.41, 5.74) is 0. The van der Waals surface area contributed by atoms with E-state index in [1.807, 2.05) is 0 Å². The Morgan fingerprint density at radius 3 is 2.67 bits per heavy atom. The number of hydrogen-bond donors (Lipinski definition) is 2. The Hall–Kier alpha value is -1.96. The first kappa shape index (κ1) is 14.1. The summed E-state index contributed by atoms with van der Waals surface area (Å²) in [5, 5.41) is 11.8. The Morgan fingerprint density at radius 2 is 2.22 bits per heavy atom. The van der Waals surface area contributed by atoms with Crippen molar-refractivity contribution in [2.45, 2.75) is 19.4 Å². The Morgan fingerprint density at radius 1 is 1.56 bits per heavy atom. The average molecular weight is 272 g/mol. The molecule has 0 bridgehead atoms. The molecule has 0 fully saturated rings. The van der Waals surface area contributed by atoms with E-state index in [4.69, 9.17) is 5.11 Å². The number of hydrogen-bond acceptors (Lipinski definition) is 6. The van der Waals surface area contributed by atoms with Crippen LogP contribution >= 0.6 is 11.3 Å². The van der Waals surface area contributed by atoms with Crippen molar-refractivity contribution in [2.24, 2.45) is 0 Å². The van der Waals surface area contributed by atoms with E-state index < -0.39 is 30.3 Å². The molecule has 0 saturated heterocycles. The summed E-state index contributed by atoms with van der Waals surface area (Å²) < 4.78 is 4.36. The Bertz CT molecular complexity index is 471. The lowest BCUT2D eigenvalue weighted by atomic mass is 10.2. The number of carbonyl (C=O) groups excluding carboxylic acids is 2. The van der Waals surface area contributed by atoms with Crippen LogP contribution in [0.25, 0.3) is 0 Å². The number of methoxy groups -OCH3 is 1. The van der Waals surface area contributed by atoms with Gasteiger partial charge in [0.05, 0.1) is 24.7 Å². The summed E-state index contributed by atoms with van der Waals surface area (Å²) in [7, 11) is 1.15. The summed E-state index contributed by atoms with van der Waals surface area (Å²) >= 11 is 1.14. The van der Waals surface area contributed by atoms with E-state index in [1.165, 1.54) is 6.20 Å². The zero-order valence-corrected chi connectivity index (χ0v) is 10.6. The highest BCUT2D eigenvalue weighted by Gasteiger charge is 2.24. The van der Waals surface area contributed by atoms with Gasteiger partial charge in [-0.1, -0.05) is 0 Å². The second kappa shape index (κ2) is 6.10. The van der Waals surface area contributed by atoms with Crippen LogP contribution in [0, 0.1) is 6.92 Å². The van der Waals surface area contributed by atoms with Crippen LogP contribution in [0.15, 0.2) is 6.20 Å². The van der Waals surface area contributed by atoms with E-state index in [9.17, 15) is 14.4 Å². The van der Waals surface area contributed by atoms with Crippen LogP contribution < -0.4 is 5.32 Å². The molecule has 18 heavy (non-hydrogen) atoms. The second-order valence-corrected chi connectivity index (χ2v) is 4.62. The number of nitrogens with zero attached hydrogens (tertiary/aromatic N) is 1. The first-order valence-corrected chi connectivity index (χ1v) is 5.78. The Balaban J connectivity index is 2.69. The fourth-order valence-electron chi connectivity index (χ4n) is 1.15. The maximum atomic E-state index is 11.7. The number of ether oxygens (including phenoxy) is 1. The van der Waals surface area contributed by atoms with Crippen molar-refractivity contribution in [1.82, 2.24) is 10.3 Å². The largest absolute Gasteiger partial charge is 0.480 e. The molecule has 98 valence electrons. The number of carboxylic acids is 1. The van der Waals surface area contributed by atoms with E-state index in [0.717, 1.165) is 18.4 Å². The molecule has 1 amide bonds. The molecule has 8 heteroatoms. The van der Waals surface area contributed by atoms with Gasteiger partial charge in [0, 0.05) is 0 Å². The average Bonchev–Trinajstić information content (AvgIpc) is 2.74. The van der Waals surface area contributed by atoms with Crippen molar-refractivity contribution in [1.29, 1.82) is 0 Å². The third kappa shape index (κ3) is 3.81. The number of amides is 1. The summed E-state index contributed by atoms with van der Waals surface area (Å²) in [5.74, 6) is -2.57. The highest BCUT2D eigenvalue weighted by atomic mass is 32.1. The highest BCUT2D eigenvalue weighted by Crippen LogP contribution is 2.11. The zero-order valence-electron chi connectivity index (χ0n) is 9.80. The molecule has 0 aliphatic heterocycles. The van der Waals surface area contributed by atoms with Gasteiger partial charge in [0.1, 0.15) is 10.9 Å². The van der Waals surface area contributed by atoms with Gasteiger partial charge in [0.2, 0.25) is 0 Å². The SMILES string of the molecule is COC(=O)C[C@H](NC(=O)c1cnc(C)s1)C(=O)O. The third-order valence-corrected chi connectivity index (χ3v) is 2.96. The lowest BCUT2D eigenvalue weighted by Gasteiger charge is -2.12. The van der Waals surface area contributed by atoms with Gasteiger partial charge in [-0.15, -0.1) is 11.3 Å². The zero-order chi connectivity index (χ0) is 13.7. The molecule has 1 heterocycles. The van der Waals surface area contributed by atoms with Gasteiger partial charge in [-0.3, -0.25) is 9.59 Å². The summed E-state index contributed by atoms with van der Waals surface area (Å²) in [6.07, 6.45) is 0.932. The van der Waals surface area contributed by atoms with Crippen LogP contribution in [-0.2, 0) is 14.3 Å². The topological polar surface area (TPSA) is 106 Å². The first-order valence-electron chi connectivity index (χ1n) is 4.97. The molecule has 0 saturated carbocycles. The van der Waals surface area contributed by atoms with E-state index in [1.54, 1.807) is 6.92 Å². The summed E-state index contributed by atoms with van der Waals surface area (Å²) in [6, 6.07) is -1.31. The number of aromatic nitrogens is 1. The number of carbonyl (C=O) groups is 3. The van der Waals surface area contributed by atoms with Gasteiger partial charge in [-0.2, -0.15) is 0 Å². The van der Waals surface area contributed by atoms with Crippen molar-refractivity contribution in [3.05, 3.63) is 16.1 Å². The number of rotatable bonds is 5. The predicted octanol–water partition coefficient (Wildman–Crippen LogP) is 0.198. The maximum absolute atomic E-state index is 11.7. The minimum atomic E-state index is -1.31. The molecule has 0 aromatic carbocycles. The minimum absolute atomic E-state index is 0.295. The molecular formula is C10H12N2O5S. The summed E-state index contributed by atoms with van der Waals surface area (Å²) in [6.45, 7) is 1.73. The van der Waals surface area contributed by atoms with Crippen LogP contribution in [-0.4, -0.2) is 41.1 Å². The van der Waals surface area contributed by atoms with Crippen LogP contribution in [0.1, 0.15) is 21.1 Å². The molecule has 0 radical (unpaired) electrons.